The Kier molecular flexibility index (Phi) is 6.33. The van der Waals surface area contributed by atoms with Crippen LogP contribution in [0.25, 0.3) is 28.1 Å². The van der Waals surface area contributed by atoms with Crippen LogP contribution in [0.2, 0.25) is 0 Å². The molecule has 5 rings (SSSR count). The fraction of sp³-hybridized carbons (Fsp3) is 0.360. The number of imidazole rings is 1. The Hall–Kier alpha value is -3.24. The maximum atomic E-state index is 14.3. The maximum absolute atomic E-state index is 14.3. The summed E-state index contributed by atoms with van der Waals surface area (Å²) >= 11 is 0. The third kappa shape index (κ3) is 4.94. The van der Waals surface area contributed by atoms with E-state index in [4.69, 9.17) is 9.72 Å². The van der Waals surface area contributed by atoms with Gasteiger partial charge in [-0.15, -0.1) is 0 Å². The Balaban J connectivity index is 1.44. The highest BCUT2D eigenvalue weighted by Gasteiger charge is 2.21. The lowest BCUT2D eigenvalue weighted by Gasteiger charge is -2.26. The van der Waals surface area contributed by atoms with Gasteiger partial charge in [0.2, 0.25) is 0 Å². The van der Waals surface area contributed by atoms with Crippen molar-refractivity contribution in [1.29, 1.82) is 0 Å². The lowest BCUT2D eigenvalue weighted by molar-refractivity contribution is 0.292. The molecule has 0 amide bonds. The zero-order valence-corrected chi connectivity index (χ0v) is 20.6. The summed E-state index contributed by atoms with van der Waals surface area (Å²) in [6, 6.07) is 8.77. The molecule has 10 heteroatoms. The van der Waals surface area contributed by atoms with Gasteiger partial charge in [0.15, 0.2) is 27.2 Å². The van der Waals surface area contributed by atoms with Crippen LogP contribution >= 0.6 is 0 Å². The summed E-state index contributed by atoms with van der Waals surface area (Å²) in [6.07, 6.45) is 7.48. The minimum absolute atomic E-state index is 0.195. The molecule has 0 atom stereocenters. The summed E-state index contributed by atoms with van der Waals surface area (Å²) < 4.78 is 46.6. The lowest BCUT2D eigenvalue weighted by atomic mass is 10.1. The number of nitrogens with zero attached hydrogens (tertiary/aromatic N) is 5. The number of fused-ring (bicyclic) bond motifs is 1. The third-order valence-corrected chi connectivity index (χ3v) is 8.09. The predicted molar refractivity (Wildman–Crippen MR) is 133 cm³/mol. The van der Waals surface area contributed by atoms with Crippen LogP contribution in [0.15, 0.2) is 49.1 Å². The SMILES string of the molecule is COc1ccc(-c2ccc3c(CCCN4CCS(=O)(=O)CC4)cn(-c4cn(C)cn4)c3n2)cc1F. The number of aromatic nitrogens is 4. The summed E-state index contributed by atoms with van der Waals surface area (Å²) in [5.74, 6) is 1.00. The molecule has 4 aromatic rings. The quantitative estimate of drug-likeness (QED) is 0.390. The zero-order valence-electron chi connectivity index (χ0n) is 19.8. The van der Waals surface area contributed by atoms with Crippen molar-refractivity contribution >= 4 is 20.9 Å². The average molecular weight is 498 g/mol. The van der Waals surface area contributed by atoms with E-state index >= 15 is 0 Å². The molecular formula is C25H28FN5O3S. The van der Waals surface area contributed by atoms with Crippen LogP contribution in [0.3, 0.4) is 0 Å². The van der Waals surface area contributed by atoms with E-state index < -0.39 is 15.7 Å². The molecule has 0 saturated carbocycles. The fourth-order valence-corrected chi connectivity index (χ4v) is 5.80. The van der Waals surface area contributed by atoms with Gasteiger partial charge in [-0.25, -0.2) is 22.8 Å². The molecule has 35 heavy (non-hydrogen) atoms. The van der Waals surface area contributed by atoms with Gasteiger partial charge in [0.25, 0.3) is 0 Å². The van der Waals surface area contributed by atoms with Gasteiger partial charge < -0.3 is 14.2 Å². The Labute approximate surface area is 203 Å². The maximum Gasteiger partial charge on any atom is 0.165 e. The Bertz CT molecular complexity index is 1460. The van der Waals surface area contributed by atoms with E-state index in [1.807, 2.05) is 34.5 Å². The topological polar surface area (TPSA) is 82.2 Å². The van der Waals surface area contributed by atoms with Gasteiger partial charge in [0, 0.05) is 43.5 Å². The summed E-state index contributed by atoms with van der Waals surface area (Å²) in [4.78, 5) is 11.6. The smallest absolute Gasteiger partial charge is 0.165 e. The predicted octanol–water partition coefficient (Wildman–Crippen LogP) is 3.24. The van der Waals surface area contributed by atoms with E-state index in [9.17, 15) is 12.8 Å². The first-order valence-corrected chi connectivity index (χ1v) is 13.4. The molecule has 0 bridgehead atoms. The Morgan fingerprint density at radius 1 is 1.11 bits per heavy atom. The van der Waals surface area contributed by atoms with Gasteiger partial charge in [-0.3, -0.25) is 4.57 Å². The summed E-state index contributed by atoms with van der Waals surface area (Å²) in [5, 5.41) is 1.02. The second-order valence-corrected chi connectivity index (χ2v) is 11.2. The van der Waals surface area contributed by atoms with Gasteiger partial charge in [-0.2, -0.15) is 0 Å². The molecule has 184 valence electrons. The van der Waals surface area contributed by atoms with Crippen molar-refractivity contribution in [1.82, 2.24) is 24.0 Å². The number of methoxy groups -OCH3 is 1. The molecule has 1 aliphatic rings. The average Bonchev–Trinajstić information content (AvgIpc) is 3.43. The van der Waals surface area contributed by atoms with Crippen LogP contribution in [0.5, 0.6) is 5.75 Å². The number of sulfone groups is 1. The van der Waals surface area contributed by atoms with Crippen molar-refractivity contribution in [2.75, 3.05) is 38.2 Å². The number of aryl methyl sites for hydroxylation is 2. The van der Waals surface area contributed by atoms with Gasteiger partial charge in [0.1, 0.15) is 5.65 Å². The van der Waals surface area contributed by atoms with Crippen molar-refractivity contribution in [2.24, 2.45) is 7.05 Å². The molecule has 4 heterocycles. The van der Waals surface area contributed by atoms with E-state index in [-0.39, 0.29) is 17.3 Å². The first-order valence-electron chi connectivity index (χ1n) is 11.6. The normalized spacial score (nSPS) is 16.1. The van der Waals surface area contributed by atoms with Crippen molar-refractivity contribution in [2.45, 2.75) is 12.8 Å². The molecule has 0 unspecified atom stereocenters. The second-order valence-electron chi connectivity index (χ2n) is 8.94. The fourth-order valence-electron chi connectivity index (χ4n) is 4.52. The highest BCUT2D eigenvalue weighted by atomic mass is 32.2. The Morgan fingerprint density at radius 3 is 2.60 bits per heavy atom. The van der Waals surface area contributed by atoms with Gasteiger partial charge in [0.05, 0.1) is 30.6 Å². The number of hydrogen-bond donors (Lipinski definition) is 0. The molecule has 8 nitrogen and oxygen atoms in total. The second kappa shape index (κ2) is 9.43. The first-order chi connectivity index (χ1) is 16.8. The van der Waals surface area contributed by atoms with Gasteiger partial charge >= 0.3 is 0 Å². The highest BCUT2D eigenvalue weighted by Crippen LogP contribution is 2.29. The van der Waals surface area contributed by atoms with Crippen molar-refractivity contribution in [3.63, 3.8) is 0 Å². The Morgan fingerprint density at radius 2 is 1.91 bits per heavy atom. The van der Waals surface area contributed by atoms with E-state index in [1.54, 1.807) is 18.5 Å². The van der Waals surface area contributed by atoms with Gasteiger partial charge in [-0.05, 0) is 55.3 Å². The summed E-state index contributed by atoms with van der Waals surface area (Å²) in [7, 11) is 0.485. The molecule has 1 saturated heterocycles. The number of halogens is 1. The van der Waals surface area contributed by atoms with Crippen molar-refractivity contribution in [3.8, 4) is 22.8 Å². The van der Waals surface area contributed by atoms with E-state index in [1.165, 1.54) is 13.2 Å². The van der Waals surface area contributed by atoms with Crippen LogP contribution in [-0.4, -0.2) is 70.7 Å². The minimum Gasteiger partial charge on any atom is -0.494 e. The van der Waals surface area contributed by atoms with Crippen molar-refractivity contribution < 1.29 is 17.5 Å². The molecule has 1 fully saturated rings. The van der Waals surface area contributed by atoms with Crippen LogP contribution in [0.1, 0.15) is 12.0 Å². The number of hydrogen-bond acceptors (Lipinski definition) is 6. The minimum atomic E-state index is -2.87. The van der Waals surface area contributed by atoms with E-state index in [2.05, 4.69) is 16.1 Å². The van der Waals surface area contributed by atoms with Crippen LogP contribution in [0.4, 0.5) is 4.39 Å². The first kappa shape index (κ1) is 23.5. The largest absolute Gasteiger partial charge is 0.494 e. The number of rotatable bonds is 7. The summed E-state index contributed by atoms with van der Waals surface area (Å²) in [6.45, 7) is 2.05. The van der Waals surface area contributed by atoms with E-state index in [0.717, 1.165) is 41.8 Å². The van der Waals surface area contributed by atoms with Crippen LogP contribution in [-0.2, 0) is 23.3 Å². The molecule has 1 aromatic carbocycles. The lowest BCUT2D eigenvalue weighted by Crippen LogP contribution is -2.40. The molecular weight excluding hydrogens is 469 g/mol. The number of pyridine rings is 1. The monoisotopic (exact) mass is 497 g/mol. The van der Waals surface area contributed by atoms with Crippen molar-refractivity contribution in [3.05, 3.63) is 60.4 Å². The van der Waals surface area contributed by atoms with Crippen LogP contribution in [0, 0.1) is 5.82 Å². The molecule has 0 aliphatic carbocycles. The van der Waals surface area contributed by atoms with E-state index in [0.29, 0.717) is 24.3 Å². The van der Waals surface area contributed by atoms with Gasteiger partial charge in [-0.1, -0.05) is 0 Å². The molecule has 0 radical (unpaired) electrons. The standard InChI is InChI=1S/C25H28FN5O3S/c1-29-16-24(27-17-29)31-15-19(4-3-9-30-10-12-35(32,33)13-11-30)20-6-7-22(28-25(20)31)18-5-8-23(34-2)21(26)14-18/h5-8,14-17H,3-4,9-13H2,1-2H3. The molecule has 1 aliphatic heterocycles. The molecule has 0 N–H and O–H groups in total. The molecule has 0 spiro atoms. The third-order valence-electron chi connectivity index (χ3n) is 6.48. The zero-order chi connectivity index (χ0) is 24.6. The van der Waals surface area contributed by atoms with Crippen LogP contribution < -0.4 is 4.74 Å². The highest BCUT2D eigenvalue weighted by molar-refractivity contribution is 7.91. The number of ether oxygens (including phenoxy) is 1. The summed E-state index contributed by atoms with van der Waals surface area (Å²) in [5.41, 5.74) is 3.24. The number of benzene rings is 1. The molecule has 3 aromatic heterocycles.